The van der Waals surface area contributed by atoms with Gasteiger partial charge in [-0.1, -0.05) is 49.4 Å². The summed E-state index contributed by atoms with van der Waals surface area (Å²) in [6.07, 6.45) is 6.02. The van der Waals surface area contributed by atoms with Crippen LogP contribution < -0.4 is 0 Å². The largest absolute Gasteiger partial charge is 0.0778 e. The predicted octanol–water partition coefficient (Wildman–Crippen LogP) is 5.05. The minimum atomic E-state index is 0.672. The van der Waals surface area contributed by atoms with Crippen molar-refractivity contribution in [2.75, 3.05) is 0 Å². The molecular weight excluding hydrogens is 240 g/mol. The van der Waals surface area contributed by atoms with Crippen molar-refractivity contribution in [1.82, 2.24) is 0 Å². The molecule has 0 N–H and O–H groups in total. The molecule has 2 aromatic rings. The van der Waals surface area contributed by atoms with Crippen molar-refractivity contribution in [2.24, 2.45) is 5.92 Å². The second-order valence-electron chi connectivity index (χ2n) is 6.31. The maximum Gasteiger partial charge on any atom is -0.0146 e. The van der Waals surface area contributed by atoms with E-state index in [4.69, 9.17) is 0 Å². The summed E-state index contributed by atoms with van der Waals surface area (Å²) in [6.45, 7) is 4.60. The molecule has 2 aromatic carbocycles. The zero-order chi connectivity index (χ0) is 13.7. The lowest BCUT2D eigenvalue weighted by Gasteiger charge is -2.28. The van der Waals surface area contributed by atoms with Gasteiger partial charge in [0.05, 0.1) is 0 Å². The Labute approximate surface area is 121 Å². The average Bonchev–Trinajstić information content (AvgIpc) is 2.46. The van der Waals surface area contributed by atoms with Gasteiger partial charge >= 0.3 is 0 Å². The van der Waals surface area contributed by atoms with Gasteiger partial charge in [0, 0.05) is 0 Å². The summed E-state index contributed by atoms with van der Waals surface area (Å²) in [4.78, 5) is 0. The number of hydrogen-bond donors (Lipinski definition) is 0. The third kappa shape index (κ3) is 1.67. The molecule has 0 radical (unpaired) electrons. The molecular formula is C20H20. The summed E-state index contributed by atoms with van der Waals surface area (Å²) in [5.74, 6) is 0.672. The summed E-state index contributed by atoms with van der Waals surface area (Å²) < 4.78 is 0. The van der Waals surface area contributed by atoms with Gasteiger partial charge in [0.25, 0.3) is 0 Å². The highest BCUT2D eigenvalue weighted by Crippen LogP contribution is 2.40. The van der Waals surface area contributed by atoms with Gasteiger partial charge in [0.2, 0.25) is 0 Å². The molecule has 0 saturated carbocycles. The number of allylic oxidation sites excluding steroid dienone is 2. The SMILES string of the molecule is CC1=CC(C)Cc2c1ccc1c2CCc2ccccc2-1. The fourth-order valence-electron chi connectivity index (χ4n) is 3.99. The fraction of sp³-hybridized carbons (Fsp3) is 0.300. The lowest BCUT2D eigenvalue weighted by Crippen LogP contribution is -2.14. The standard InChI is InChI=1S/C20H20/c1-13-11-14(2)16-9-10-18-17-6-4-3-5-15(17)7-8-19(18)20(16)12-13/h3-6,9-11,13H,7-8,12H2,1-2H3. The summed E-state index contributed by atoms with van der Waals surface area (Å²) in [6, 6.07) is 13.6. The molecule has 20 heavy (non-hydrogen) atoms. The van der Waals surface area contributed by atoms with E-state index in [9.17, 15) is 0 Å². The van der Waals surface area contributed by atoms with Crippen LogP contribution in [0.4, 0.5) is 0 Å². The Hall–Kier alpha value is -1.82. The molecule has 1 unspecified atom stereocenters. The predicted molar refractivity (Wildman–Crippen MR) is 85.8 cm³/mol. The normalized spacial score (nSPS) is 19.7. The first kappa shape index (κ1) is 12.0. The fourth-order valence-corrected chi connectivity index (χ4v) is 3.99. The van der Waals surface area contributed by atoms with Gasteiger partial charge < -0.3 is 0 Å². The summed E-state index contributed by atoms with van der Waals surface area (Å²) in [5, 5.41) is 0. The van der Waals surface area contributed by atoms with Crippen LogP contribution in [0.25, 0.3) is 16.7 Å². The van der Waals surface area contributed by atoms with Crippen LogP contribution in [-0.4, -0.2) is 0 Å². The average molecular weight is 260 g/mol. The molecule has 0 nitrogen and oxygen atoms in total. The van der Waals surface area contributed by atoms with Crippen molar-refractivity contribution in [1.29, 1.82) is 0 Å². The van der Waals surface area contributed by atoms with Gasteiger partial charge in [0.1, 0.15) is 0 Å². The van der Waals surface area contributed by atoms with E-state index in [1.165, 1.54) is 47.1 Å². The number of aryl methyl sites for hydroxylation is 1. The van der Waals surface area contributed by atoms with Crippen LogP contribution in [0.5, 0.6) is 0 Å². The van der Waals surface area contributed by atoms with Gasteiger partial charge in [-0.2, -0.15) is 0 Å². The van der Waals surface area contributed by atoms with Crippen LogP contribution in [0.3, 0.4) is 0 Å². The van der Waals surface area contributed by atoms with Crippen LogP contribution in [-0.2, 0) is 19.3 Å². The molecule has 0 aromatic heterocycles. The number of rotatable bonds is 0. The van der Waals surface area contributed by atoms with Crippen molar-refractivity contribution < 1.29 is 0 Å². The van der Waals surface area contributed by atoms with Crippen LogP contribution in [0, 0.1) is 5.92 Å². The second kappa shape index (κ2) is 4.34. The molecule has 100 valence electrons. The summed E-state index contributed by atoms with van der Waals surface area (Å²) in [7, 11) is 0. The van der Waals surface area contributed by atoms with Crippen LogP contribution >= 0.6 is 0 Å². The highest BCUT2D eigenvalue weighted by Gasteiger charge is 2.23. The third-order valence-corrected chi connectivity index (χ3v) is 4.87. The maximum absolute atomic E-state index is 2.42. The van der Waals surface area contributed by atoms with Crippen LogP contribution in [0.1, 0.15) is 36.1 Å². The molecule has 0 aliphatic heterocycles. The van der Waals surface area contributed by atoms with Gasteiger partial charge in [-0.25, -0.2) is 0 Å². The minimum absolute atomic E-state index is 0.672. The Kier molecular flexibility index (Phi) is 2.60. The first-order chi connectivity index (χ1) is 9.74. The molecule has 1 atom stereocenters. The van der Waals surface area contributed by atoms with E-state index in [2.05, 4.69) is 56.3 Å². The highest BCUT2D eigenvalue weighted by atomic mass is 14.3. The second-order valence-corrected chi connectivity index (χ2v) is 6.31. The Morgan fingerprint density at radius 2 is 1.65 bits per heavy atom. The zero-order valence-corrected chi connectivity index (χ0v) is 12.2. The van der Waals surface area contributed by atoms with E-state index >= 15 is 0 Å². The Morgan fingerprint density at radius 3 is 2.55 bits per heavy atom. The number of fused-ring (bicyclic) bond motifs is 5. The molecule has 0 saturated heterocycles. The molecule has 0 heterocycles. The smallest absolute Gasteiger partial charge is 0.0146 e. The van der Waals surface area contributed by atoms with E-state index in [0.29, 0.717) is 5.92 Å². The first-order valence-corrected chi connectivity index (χ1v) is 7.66. The summed E-state index contributed by atoms with van der Waals surface area (Å²) >= 11 is 0. The van der Waals surface area contributed by atoms with Crippen LogP contribution in [0.2, 0.25) is 0 Å². The molecule has 0 heteroatoms. The van der Waals surface area contributed by atoms with Crippen molar-refractivity contribution in [3.8, 4) is 11.1 Å². The van der Waals surface area contributed by atoms with E-state index in [1.807, 2.05) is 0 Å². The Balaban J connectivity index is 1.97. The lowest BCUT2D eigenvalue weighted by molar-refractivity contribution is 0.702. The molecule has 2 aliphatic rings. The molecule has 0 fully saturated rings. The highest BCUT2D eigenvalue weighted by molar-refractivity contribution is 5.80. The lowest BCUT2D eigenvalue weighted by atomic mass is 9.76. The van der Waals surface area contributed by atoms with Gasteiger partial charge in [0.15, 0.2) is 0 Å². The Morgan fingerprint density at radius 1 is 0.850 bits per heavy atom. The van der Waals surface area contributed by atoms with Gasteiger partial charge in [-0.3, -0.25) is 0 Å². The van der Waals surface area contributed by atoms with E-state index in [0.717, 1.165) is 0 Å². The van der Waals surface area contributed by atoms with Crippen molar-refractivity contribution in [3.63, 3.8) is 0 Å². The zero-order valence-electron chi connectivity index (χ0n) is 12.2. The van der Waals surface area contributed by atoms with Crippen molar-refractivity contribution in [2.45, 2.75) is 33.1 Å². The topological polar surface area (TPSA) is 0 Å². The number of hydrogen-bond acceptors (Lipinski definition) is 0. The van der Waals surface area contributed by atoms with E-state index in [1.54, 1.807) is 11.1 Å². The van der Waals surface area contributed by atoms with Crippen molar-refractivity contribution in [3.05, 3.63) is 64.7 Å². The monoisotopic (exact) mass is 260 g/mol. The quantitative estimate of drug-likeness (QED) is 0.622. The molecule has 2 aliphatic carbocycles. The third-order valence-electron chi connectivity index (χ3n) is 4.87. The Bertz CT molecular complexity index is 719. The summed E-state index contributed by atoms with van der Waals surface area (Å²) in [5.41, 5.74) is 10.6. The van der Waals surface area contributed by atoms with E-state index in [-0.39, 0.29) is 0 Å². The van der Waals surface area contributed by atoms with Crippen LogP contribution in [0.15, 0.2) is 42.5 Å². The van der Waals surface area contributed by atoms with Gasteiger partial charge in [-0.05, 0) is 71.1 Å². The molecule has 4 rings (SSSR count). The van der Waals surface area contributed by atoms with Gasteiger partial charge in [-0.15, -0.1) is 0 Å². The van der Waals surface area contributed by atoms with E-state index < -0.39 is 0 Å². The van der Waals surface area contributed by atoms with Crippen molar-refractivity contribution >= 4 is 5.57 Å². The molecule has 0 spiro atoms. The number of benzene rings is 2. The molecule has 0 amide bonds. The first-order valence-electron chi connectivity index (χ1n) is 7.66. The minimum Gasteiger partial charge on any atom is -0.0778 e. The maximum atomic E-state index is 2.42. The molecule has 0 bridgehead atoms.